The summed E-state index contributed by atoms with van der Waals surface area (Å²) < 4.78 is 0. The van der Waals surface area contributed by atoms with Gasteiger partial charge in [-0.1, -0.05) is 12.1 Å². The van der Waals surface area contributed by atoms with Gasteiger partial charge in [0.1, 0.15) is 12.1 Å². The quantitative estimate of drug-likeness (QED) is 0.770. The average molecular weight is 308 g/mol. The van der Waals surface area contributed by atoms with Gasteiger partial charge in [-0.3, -0.25) is 9.89 Å². The van der Waals surface area contributed by atoms with E-state index in [1.54, 1.807) is 6.20 Å². The van der Waals surface area contributed by atoms with Gasteiger partial charge in [-0.15, -0.1) is 0 Å². The molecule has 1 saturated heterocycles. The number of carbonyl (C=O) groups excluding carboxylic acids is 1. The van der Waals surface area contributed by atoms with Crippen LogP contribution in [0.1, 0.15) is 18.4 Å². The van der Waals surface area contributed by atoms with Gasteiger partial charge in [0.05, 0.1) is 11.6 Å². The topological polar surface area (TPSA) is 86.8 Å². The van der Waals surface area contributed by atoms with Crippen LogP contribution in [0.5, 0.6) is 0 Å². The number of hydrogen-bond acceptors (Lipinski definition) is 5. The fraction of sp³-hybridized carbons (Fsp3) is 0.250. The Labute approximate surface area is 132 Å². The van der Waals surface area contributed by atoms with Crippen molar-refractivity contribution >= 4 is 28.4 Å². The number of carbonyl (C=O) groups is 1. The fourth-order valence-corrected chi connectivity index (χ4v) is 2.85. The Bertz CT molecular complexity index is 858. The first-order valence-corrected chi connectivity index (χ1v) is 7.58. The van der Waals surface area contributed by atoms with E-state index in [2.05, 4.69) is 25.5 Å². The maximum atomic E-state index is 11.9. The lowest BCUT2D eigenvalue weighted by molar-refractivity contribution is -0.117. The van der Waals surface area contributed by atoms with Crippen LogP contribution < -0.4 is 10.2 Å². The van der Waals surface area contributed by atoms with E-state index in [4.69, 9.17) is 0 Å². The number of H-pyrrole nitrogens is 1. The van der Waals surface area contributed by atoms with Crippen molar-refractivity contribution in [1.82, 2.24) is 20.2 Å². The summed E-state index contributed by atoms with van der Waals surface area (Å²) in [5.74, 6) is 0.942. The molecular weight excluding hydrogens is 292 g/mol. The smallest absolute Gasteiger partial charge is 0.227 e. The Balaban J connectivity index is 1.53. The lowest BCUT2D eigenvalue weighted by Gasteiger charge is -2.16. The molecule has 0 radical (unpaired) electrons. The summed E-state index contributed by atoms with van der Waals surface area (Å²) in [7, 11) is 0. The SMILES string of the molecule is O=C1CCCN1c1cccc(CNc2ncnc3[nH]ncc23)c1. The van der Waals surface area contributed by atoms with Gasteiger partial charge in [-0.05, 0) is 24.1 Å². The molecule has 0 saturated carbocycles. The van der Waals surface area contributed by atoms with Crippen molar-refractivity contribution in [2.45, 2.75) is 19.4 Å². The van der Waals surface area contributed by atoms with Crippen LogP contribution in [-0.2, 0) is 11.3 Å². The van der Waals surface area contributed by atoms with Crippen LogP contribution in [0.4, 0.5) is 11.5 Å². The third kappa shape index (κ3) is 2.61. The number of amides is 1. The predicted octanol–water partition coefficient (Wildman–Crippen LogP) is 2.09. The summed E-state index contributed by atoms with van der Waals surface area (Å²) >= 11 is 0. The zero-order chi connectivity index (χ0) is 15.6. The molecule has 1 amide bonds. The highest BCUT2D eigenvalue weighted by atomic mass is 16.2. The van der Waals surface area contributed by atoms with Gasteiger partial charge in [-0.25, -0.2) is 9.97 Å². The van der Waals surface area contributed by atoms with Gasteiger partial charge in [0.25, 0.3) is 0 Å². The predicted molar refractivity (Wildman–Crippen MR) is 87.0 cm³/mol. The highest BCUT2D eigenvalue weighted by Gasteiger charge is 2.21. The average Bonchev–Trinajstić information content (AvgIpc) is 3.22. The van der Waals surface area contributed by atoms with E-state index < -0.39 is 0 Å². The molecule has 0 atom stereocenters. The Morgan fingerprint density at radius 3 is 3.13 bits per heavy atom. The number of nitrogens with zero attached hydrogens (tertiary/aromatic N) is 4. The fourth-order valence-electron chi connectivity index (χ4n) is 2.85. The molecule has 3 heterocycles. The Morgan fingerprint density at radius 1 is 1.30 bits per heavy atom. The number of rotatable bonds is 4. The van der Waals surface area contributed by atoms with E-state index in [1.165, 1.54) is 6.33 Å². The van der Waals surface area contributed by atoms with Crippen molar-refractivity contribution in [3.05, 3.63) is 42.4 Å². The van der Waals surface area contributed by atoms with Crippen LogP contribution in [0, 0.1) is 0 Å². The molecule has 0 spiro atoms. The number of aromatic amines is 1. The largest absolute Gasteiger partial charge is 0.365 e. The number of benzene rings is 1. The van der Waals surface area contributed by atoms with Crippen molar-refractivity contribution in [2.75, 3.05) is 16.8 Å². The molecule has 4 rings (SSSR count). The van der Waals surface area contributed by atoms with Gasteiger partial charge in [0.15, 0.2) is 5.65 Å². The Hall–Kier alpha value is -2.96. The second kappa shape index (κ2) is 5.68. The number of nitrogens with one attached hydrogen (secondary N) is 2. The van der Waals surface area contributed by atoms with E-state index in [-0.39, 0.29) is 5.91 Å². The van der Waals surface area contributed by atoms with E-state index in [1.807, 2.05) is 29.2 Å². The summed E-state index contributed by atoms with van der Waals surface area (Å²) in [6.07, 6.45) is 4.78. The molecule has 0 aliphatic carbocycles. The van der Waals surface area contributed by atoms with Gasteiger partial charge >= 0.3 is 0 Å². The molecule has 1 aliphatic rings. The zero-order valence-electron chi connectivity index (χ0n) is 12.5. The van der Waals surface area contributed by atoms with Crippen LogP contribution in [0.2, 0.25) is 0 Å². The summed E-state index contributed by atoms with van der Waals surface area (Å²) in [5.41, 5.74) is 2.76. The Morgan fingerprint density at radius 2 is 2.26 bits per heavy atom. The molecule has 0 unspecified atom stereocenters. The molecule has 1 fully saturated rings. The molecule has 116 valence electrons. The van der Waals surface area contributed by atoms with E-state index in [9.17, 15) is 4.79 Å². The second-order valence-corrected chi connectivity index (χ2v) is 5.53. The highest BCUT2D eigenvalue weighted by molar-refractivity contribution is 5.95. The molecular formula is C16H16N6O. The molecule has 1 aromatic carbocycles. The minimum atomic E-state index is 0.200. The standard InChI is InChI=1S/C16H16N6O/c23-14-5-2-6-22(14)12-4-1-3-11(7-12)8-17-15-13-9-20-21-16(13)19-10-18-15/h1,3-4,7,9-10H,2,5-6,8H2,(H2,17,18,19,20,21). The first-order chi connectivity index (χ1) is 11.3. The number of hydrogen-bond donors (Lipinski definition) is 2. The first kappa shape index (κ1) is 13.7. The summed E-state index contributed by atoms with van der Waals surface area (Å²) in [6.45, 7) is 1.42. The molecule has 0 bridgehead atoms. The van der Waals surface area contributed by atoms with Crippen LogP contribution >= 0.6 is 0 Å². The van der Waals surface area contributed by atoms with Crippen molar-refractivity contribution < 1.29 is 4.79 Å². The third-order valence-electron chi connectivity index (χ3n) is 4.00. The maximum absolute atomic E-state index is 11.9. The number of aromatic nitrogens is 4. The summed E-state index contributed by atoms with van der Waals surface area (Å²) in [6, 6.07) is 8.03. The third-order valence-corrected chi connectivity index (χ3v) is 4.00. The van der Waals surface area contributed by atoms with Gasteiger partial charge < -0.3 is 10.2 Å². The molecule has 7 nitrogen and oxygen atoms in total. The summed E-state index contributed by atoms with van der Waals surface area (Å²) in [4.78, 5) is 22.1. The molecule has 3 aromatic rings. The first-order valence-electron chi connectivity index (χ1n) is 7.58. The van der Waals surface area contributed by atoms with Gasteiger partial charge in [0.2, 0.25) is 5.91 Å². The Kier molecular flexibility index (Phi) is 3.38. The molecule has 2 aromatic heterocycles. The normalized spacial score (nSPS) is 14.6. The van der Waals surface area contributed by atoms with Crippen molar-refractivity contribution in [3.63, 3.8) is 0 Å². The molecule has 2 N–H and O–H groups in total. The molecule has 1 aliphatic heterocycles. The van der Waals surface area contributed by atoms with Crippen LogP contribution in [0.3, 0.4) is 0 Å². The van der Waals surface area contributed by atoms with Gasteiger partial charge in [0, 0.05) is 25.2 Å². The highest BCUT2D eigenvalue weighted by Crippen LogP contribution is 2.23. The van der Waals surface area contributed by atoms with Crippen LogP contribution in [0.15, 0.2) is 36.8 Å². The van der Waals surface area contributed by atoms with E-state index in [0.29, 0.717) is 18.6 Å². The van der Waals surface area contributed by atoms with E-state index in [0.717, 1.165) is 35.4 Å². The second-order valence-electron chi connectivity index (χ2n) is 5.53. The van der Waals surface area contributed by atoms with Crippen molar-refractivity contribution in [2.24, 2.45) is 0 Å². The zero-order valence-corrected chi connectivity index (χ0v) is 12.5. The van der Waals surface area contributed by atoms with E-state index >= 15 is 0 Å². The monoisotopic (exact) mass is 308 g/mol. The number of anilines is 2. The number of fused-ring (bicyclic) bond motifs is 1. The summed E-state index contributed by atoms with van der Waals surface area (Å²) in [5, 5.41) is 11.0. The van der Waals surface area contributed by atoms with Crippen LogP contribution in [-0.4, -0.2) is 32.6 Å². The minimum absolute atomic E-state index is 0.200. The molecule has 23 heavy (non-hydrogen) atoms. The lowest BCUT2D eigenvalue weighted by atomic mass is 10.2. The van der Waals surface area contributed by atoms with Crippen molar-refractivity contribution in [1.29, 1.82) is 0 Å². The minimum Gasteiger partial charge on any atom is -0.365 e. The van der Waals surface area contributed by atoms with Gasteiger partial charge in [-0.2, -0.15) is 5.10 Å². The van der Waals surface area contributed by atoms with Crippen molar-refractivity contribution in [3.8, 4) is 0 Å². The molecule has 7 heteroatoms. The maximum Gasteiger partial charge on any atom is 0.227 e. The lowest BCUT2D eigenvalue weighted by Crippen LogP contribution is -2.23. The van der Waals surface area contributed by atoms with Crippen LogP contribution in [0.25, 0.3) is 11.0 Å².